The van der Waals surface area contributed by atoms with Crippen LogP contribution >= 0.6 is 0 Å². The van der Waals surface area contributed by atoms with Crippen molar-refractivity contribution in [1.29, 1.82) is 0 Å². The Hall–Kier alpha value is -2.36. The van der Waals surface area contributed by atoms with E-state index in [4.69, 9.17) is 0 Å². The molecule has 0 fully saturated rings. The fraction of sp³-hybridized carbons (Fsp3) is 0. The molecule has 2 aliphatic heterocycles. The first-order valence-corrected chi connectivity index (χ1v) is 5.02. The summed E-state index contributed by atoms with van der Waals surface area (Å²) in [6, 6.07) is 9.98. The zero-order valence-electron chi connectivity index (χ0n) is 8.25. The highest BCUT2D eigenvalue weighted by atomic mass is 15.2. The van der Waals surface area contributed by atoms with Crippen LogP contribution in [0, 0.1) is 0 Å². The van der Waals surface area contributed by atoms with Crippen LogP contribution < -0.4 is 10.8 Å². The summed E-state index contributed by atoms with van der Waals surface area (Å²) in [5, 5.41) is 8.72. The predicted molar refractivity (Wildman–Crippen MR) is 59.2 cm³/mol. The molecule has 0 atom stereocenters. The van der Waals surface area contributed by atoms with Gasteiger partial charge >= 0.3 is 0 Å². The Balaban J connectivity index is 2.15. The molecule has 2 aromatic rings. The third kappa shape index (κ3) is 0.883. The molecule has 1 aromatic heterocycles. The van der Waals surface area contributed by atoms with Crippen LogP contribution in [0.5, 0.6) is 0 Å². The highest BCUT2D eigenvalue weighted by Crippen LogP contribution is 2.29. The number of fused-ring (bicyclic) bond motifs is 4. The van der Waals surface area contributed by atoms with E-state index >= 15 is 0 Å². The largest absolute Gasteiger partial charge is 0.246 e. The molecule has 0 saturated heterocycles. The molecule has 0 amide bonds. The van der Waals surface area contributed by atoms with Crippen molar-refractivity contribution in [2.24, 2.45) is 15.2 Å². The van der Waals surface area contributed by atoms with Crippen molar-refractivity contribution in [1.82, 2.24) is 4.98 Å². The van der Waals surface area contributed by atoms with E-state index in [2.05, 4.69) is 20.2 Å². The van der Waals surface area contributed by atoms with Crippen molar-refractivity contribution < 1.29 is 0 Å². The van der Waals surface area contributed by atoms with Gasteiger partial charge in [0.25, 0.3) is 0 Å². The third-order valence-electron chi connectivity index (χ3n) is 2.76. The maximum Gasteiger partial charge on any atom is 0.184 e. The van der Waals surface area contributed by atoms with Gasteiger partial charge in [0.15, 0.2) is 5.49 Å². The topological polar surface area (TPSA) is 50.0 Å². The molecule has 0 bridgehead atoms. The van der Waals surface area contributed by atoms with Gasteiger partial charge in [0.2, 0.25) is 0 Å². The van der Waals surface area contributed by atoms with Crippen LogP contribution in [0.1, 0.15) is 5.56 Å². The summed E-state index contributed by atoms with van der Waals surface area (Å²) in [4.78, 5) is 9.02. The van der Waals surface area contributed by atoms with Gasteiger partial charge in [-0.05, 0) is 12.1 Å². The van der Waals surface area contributed by atoms with Gasteiger partial charge in [-0.3, -0.25) is 0 Å². The standard InChI is InChI=1S/C12H6N4/c1-2-4-9-8(3-1)11-10(14-9)5-7-6-13-16-12(7)15-11/h1-6H. The molecular formula is C12H6N4. The quantitative estimate of drug-likeness (QED) is 0.541. The van der Waals surface area contributed by atoms with E-state index in [-0.39, 0.29) is 0 Å². The van der Waals surface area contributed by atoms with Crippen molar-refractivity contribution in [2.75, 3.05) is 0 Å². The molecule has 3 heterocycles. The molecule has 74 valence electrons. The van der Waals surface area contributed by atoms with Crippen LogP contribution in [0.4, 0.5) is 5.69 Å². The molecule has 0 saturated carbocycles. The van der Waals surface area contributed by atoms with Crippen LogP contribution in [0.3, 0.4) is 0 Å². The molecule has 16 heavy (non-hydrogen) atoms. The maximum atomic E-state index is 4.53. The zero-order valence-corrected chi connectivity index (χ0v) is 8.25. The van der Waals surface area contributed by atoms with Gasteiger partial charge in [0.05, 0.1) is 17.3 Å². The summed E-state index contributed by atoms with van der Waals surface area (Å²) in [6.45, 7) is 0. The number of hydrogen-bond acceptors (Lipinski definition) is 4. The Morgan fingerprint density at radius 1 is 1.06 bits per heavy atom. The number of nitrogens with zero attached hydrogens (tertiary/aromatic N) is 4. The minimum Gasteiger partial charge on any atom is -0.246 e. The number of aromatic nitrogens is 1. The first kappa shape index (κ1) is 7.87. The first-order chi connectivity index (χ1) is 7.92. The Morgan fingerprint density at radius 2 is 2.00 bits per heavy atom. The minimum absolute atomic E-state index is 0.686. The highest BCUT2D eigenvalue weighted by Gasteiger charge is 2.16. The number of para-hydroxylation sites is 1. The second-order valence-electron chi connectivity index (χ2n) is 3.74. The lowest BCUT2D eigenvalue weighted by Gasteiger charge is -1.96. The van der Waals surface area contributed by atoms with Crippen molar-refractivity contribution >= 4 is 11.9 Å². The highest BCUT2D eigenvalue weighted by molar-refractivity contribution is 5.82. The monoisotopic (exact) mass is 206 g/mol. The van der Waals surface area contributed by atoms with Gasteiger partial charge in [-0.25, -0.2) is 9.98 Å². The molecule has 4 nitrogen and oxygen atoms in total. The summed E-state index contributed by atoms with van der Waals surface area (Å²) >= 11 is 0. The van der Waals surface area contributed by atoms with Gasteiger partial charge < -0.3 is 0 Å². The van der Waals surface area contributed by atoms with Crippen LogP contribution in [-0.2, 0) is 0 Å². The molecular weight excluding hydrogens is 200 g/mol. The molecule has 0 radical (unpaired) electrons. The van der Waals surface area contributed by atoms with E-state index in [9.17, 15) is 0 Å². The average molecular weight is 206 g/mol. The molecule has 0 N–H and O–H groups in total. The Labute approximate surface area is 90.7 Å². The number of pyridine rings is 1. The Bertz CT molecular complexity index is 759. The lowest BCUT2D eigenvalue weighted by Crippen LogP contribution is -2.18. The van der Waals surface area contributed by atoms with E-state index < -0.39 is 0 Å². The summed E-state index contributed by atoms with van der Waals surface area (Å²) in [7, 11) is 0. The van der Waals surface area contributed by atoms with Gasteiger partial charge in [0.1, 0.15) is 5.69 Å². The SMILES string of the molecule is C1=NN=c2nc3c(cc21)=Nc1ccccc1-3. The number of benzene rings is 1. The molecule has 0 unspecified atom stereocenters. The van der Waals surface area contributed by atoms with E-state index in [0.717, 1.165) is 27.9 Å². The van der Waals surface area contributed by atoms with E-state index in [1.165, 1.54) is 0 Å². The van der Waals surface area contributed by atoms with Crippen LogP contribution in [0.2, 0.25) is 0 Å². The summed E-state index contributed by atoms with van der Waals surface area (Å²) < 4.78 is 0. The van der Waals surface area contributed by atoms with Crippen molar-refractivity contribution in [3.63, 3.8) is 0 Å². The average Bonchev–Trinajstić information content (AvgIpc) is 2.88. The van der Waals surface area contributed by atoms with Crippen molar-refractivity contribution in [3.05, 3.63) is 46.7 Å². The maximum absolute atomic E-state index is 4.53. The third-order valence-corrected chi connectivity index (χ3v) is 2.76. The lowest BCUT2D eigenvalue weighted by atomic mass is 10.1. The molecule has 2 aliphatic rings. The van der Waals surface area contributed by atoms with Gasteiger partial charge in [0, 0.05) is 11.1 Å². The lowest BCUT2D eigenvalue weighted by molar-refractivity contribution is 1.08. The second-order valence-corrected chi connectivity index (χ2v) is 3.74. The Morgan fingerprint density at radius 3 is 3.00 bits per heavy atom. The number of hydrogen-bond donors (Lipinski definition) is 0. The van der Waals surface area contributed by atoms with E-state index in [1.54, 1.807) is 6.21 Å². The smallest absolute Gasteiger partial charge is 0.184 e. The van der Waals surface area contributed by atoms with Gasteiger partial charge in [-0.1, -0.05) is 18.2 Å². The molecule has 0 aliphatic carbocycles. The van der Waals surface area contributed by atoms with E-state index in [0.29, 0.717) is 5.49 Å². The second kappa shape index (κ2) is 2.61. The summed E-state index contributed by atoms with van der Waals surface area (Å²) in [5.41, 5.74) is 4.58. The van der Waals surface area contributed by atoms with E-state index in [1.807, 2.05) is 30.3 Å². The Kier molecular flexibility index (Phi) is 1.28. The zero-order chi connectivity index (χ0) is 10.5. The predicted octanol–water partition coefficient (Wildman–Crippen LogP) is 0.980. The van der Waals surface area contributed by atoms with Crippen molar-refractivity contribution in [3.8, 4) is 11.3 Å². The van der Waals surface area contributed by atoms with Crippen LogP contribution in [0.25, 0.3) is 11.3 Å². The molecule has 4 rings (SSSR count). The van der Waals surface area contributed by atoms with Gasteiger partial charge in [-0.15, -0.1) is 5.10 Å². The summed E-state index contributed by atoms with van der Waals surface area (Å²) in [5.74, 6) is 0. The normalized spacial score (nSPS) is 13.8. The fourth-order valence-electron chi connectivity index (χ4n) is 2.01. The van der Waals surface area contributed by atoms with Crippen LogP contribution in [-0.4, -0.2) is 11.2 Å². The molecule has 4 heteroatoms. The van der Waals surface area contributed by atoms with Crippen LogP contribution in [0.15, 0.2) is 45.5 Å². The fourth-order valence-corrected chi connectivity index (χ4v) is 2.01. The molecule has 0 spiro atoms. The van der Waals surface area contributed by atoms with Gasteiger partial charge in [-0.2, -0.15) is 5.10 Å². The minimum atomic E-state index is 0.686. The first-order valence-electron chi connectivity index (χ1n) is 5.02. The number of rotatable bonds is 0. The molecule has 1 aromatic carbocycles. The van der Waals surface area contributed by atoms with Crippen molar-refractivity contribution in [2.45, 2.75) is 0 Å². The summed E-state index contributed by atoms with van der Waals surface area (Å²) in [6.07, 6.45) is 1.71.